The minimum atomic E-state index is -0.929. The predicted molar refractivity (Wildman–Crippen MR) is 57.6 cm³/mol. The van der Waals surface area contributed by atoms with Gasteiger partial charge in [0.05, 0.1) is 0 Å². The molecule has 0 saturated carbocycles. The molecule has 0 aliphatic heterocycles. The second kappa shape index (κ2) is 5.70. The van der Waals surface area contributed by atoms with Gasteiger partial charge in [0.15, 0.2) is 0 Å². The summed E-state index contributed by atoms with van der Waals surface area (Å²) < 4.78 is 0. The minimum Gasteiger partial charge on any atom is -0.480 e. The van der Waals surface area contributed by atoms with Gasteiger partial charge >= 0.3 is 5.97 Å². The Balaban J connectivity index is 3.72. The zero-order chi connectivity index (χ0) is 12.1. The van der Waals surface area contributed by atoms with Gasteiger partial charge in [0.25, 0.3) is 0 Å². The highest BCUT2D eigenvalue weighted by Gasteiger charge is 2.25. The van der Waals surface area contributed by atoms with Crippen molar-refractivity contribution in [2.75, 3.05) is 20.6 Å². The Hall–Kier alpha value is -1.10. The van der Waals surface area contributed by atoms with E-state index in [1.807, 2.05) is 0 Å². The SMILES string of the molecule is CN(C)C(=O)CCCNC(C)(C)C(=O)O. The van der Waals surface area contributed by atoms with Crippen LogP contribution in [0.5, 0.6) is 0 Å². The monoisotopic (exact) mass is 216 g/mol. The molecule has 0 aromatic heterocycles. The summed E-state index contributed by atoms with van der Waals surface area (Å²) >= 11 is 0. The quantitative estimate of drug-likeness (QED) is 0.627. The molecule has 5 nitrogen and oxygen atoms in total. The van der Waals surface area contributed by atoms with Crippen molar-refractivity contribution in [1.82, 2.24) is 10.2 Å². The number of nitrogens with one attached hydrogen (secondary N) is 1. The van der Waals surface area contributed by atoms with E-state index in [0.717, 1.165) is 0 Å². The molecule has 0 unspecified atom stereocenters. The number of rotatable bonds is 6. The Labute approximate surface area is 90.5 Å². The van der Waals surface area contributed by atoms with Crippen molar-refractivity contribution in [2.24, 2.45) is 0 Å². The van der Waals surface area contributed by atoms with E-state index in [0.29, 0.717) is 19.4 Å². The average Bonchev–Trinajstić information content (AvgIpc) is 2.11. The Morgan fingerprint density at radius 1 is 1.33 bits per heavy atom. The third-order valence-corrected chi connectivity index (χ3v) is 2.17. The van der Waals surface area contributed by atoms with Crippen LogP contribution in [0.2, 0.25) is 0 Å². The number of aliphatic carboxylic acids is 1. The van der Waals surface area contributed by atoms with Gasteiger partial charge in [-0.25, -0.2) is 0 Å². The largest absolute Gasteiger partial charge is 0.480 e. The van der Waals surface area contributed by atoms with Crippen molar-refractivity contribution < 1.29 is 14.7 Å². The van der Waals surface area contributed by atoms with Crippen molar-refractivity contribution in [2.45, 2.75) is 32.2 Å². The number of nitrogens with zero attached hydrogens (tertiary/aromatic N) is 1. The van der Waals surface area contributed by atoms with Gasteiger partial charge in [0.2, 0.25) is 5.91 Å². The molecule has 0 spiro atoms. The zero-order valence-corrected chi connectivity index (χ0v) is 9.83. The van der Waals surface area contributed by atoms with Gasteiger partial charge in [-0.05, 0) is 26.8 Å². The van der Waals surface area contributed by atoms with Gasteiger partial charge in [-0.15, -0.1) is 0 Å². The number of hydrogen-bond donors (Lipinski definition) is 2. The van der Waals surface area contributed by atoms with E-state index in [9.17, 15) is 9.59 Å². The fraction of sp³-hybridized carbons (Fsp3) is 0.800. The molecule has 0 bridgehead atoms. The van der Waals surface area contributed by atoms with Crippen LogP contribution in [0.1, 0.15) is 26.7 Å². The number of amides is 1. The maximum atomic E-state index is 11.2. The van der Waals surface area contributed by atoms with Crippen molar-refractivity contribution >= 4 is 11.9 Å². The molecule has 0 rings (SSSR count). The summed E-state index contributed by atoms with van der Waals surface area (Å²) in [5.74, 6) is -0.827. The molecule has 0 aromatic rings. The molecule has 0 aromatic carbocycles. The standard InChI is InChI=1S/C10H20N2O3/c1-10(2,9(14)15)11-7-5-6-8(13)12(3)4/h11H,5-7H2,1-4H3,(H,14,15). The van der Waals surface area contributed by atoms with Crippen LogP contribution in [0, 0.1) is 0 Å². The molecule has 0 atom stereocenters. The molecular weight excluding hydrogens is 196 g/mol. The zero-order valence-electron chi connectivity index (χ0n) is 9.83. The van der Waals surface area contributed by atoms with Crippen LogP contribution in [-0.4, -0.2) is 48.1 Å². The first-order chi connectivity index (χ1) is 6.77. The number of carboxylic acid groups (broad SMARTS) is 1. The fourth-order valence-corrected chi connectivity index (χ4v) is 0.940. The lowest BCUT2D eigenvalue weighted by molar-refractivity contribution is -0.143. The smallest absolute Gasteiger partial charge is 0.323 e. The van der Waals surface area contributed by atoms with E-state index in [-0.39, 0.29) is 5.91 Å². The van der Waals surface area contributed by atoms with E-state index >= 15 is 0 Å². The molecular formula is C10H20N2O3. The lowest BCUT2D eigenvalue weighted by Gasteiger charge is -2.21. The van der Waals surface area contributed by atoms with Crippen molar-refractivity contribution in [3.8, 4) is 0 Å². The van der Waals surface area contributed by atoms with Crippen LogP contribution in [0.25, 0.3) is 0 Å². The average molecular weight is 216 g/mol. The van der Waals surface area contributed by atoms with Crippen molar-refractivity contribution in [3.05, 3.63) is 0 Å². The molecule has 5 heteroatoms. The van der Waals surface area contributed by atoms with Gasteiger partial charge in [-0.2, -0.15) is 0 Å². The lowest BCUT2D eigenvalue weighted by atomic mass is 10.1. The highest BCUT2D eigenvalue weighted by molar-refractivity contribution is 5.77. The van der Waals surface area contributed by atoms with Crippen LogP contribution in [0.3, 0.4) is 0 Å². The Bertz CT molecular complexity index is 237. The van der Waals surface area contributed by atoms with Crippen molar-refractivity contribution in [3.63, 3.8) is 0 Å². The molecule has 0 heterocycles. The van der Waals surface area contributed by atoms with Gasteiger partial charge in [-0.3, -0.25) is 9.59 Å². The van der Waals surface area contributed by atoms with Gasteiger partial charge in [0, 0.05) is 20.5 Å². The van der Waals surface area contributed by atoms with Crippen molar-refractivity contribution in [1.29, 1.82) is 0 Å². The highest BCUT2D eigenvalue weighted by Crippen LogP contribution is 2.02. The molecule has 0 saturated heterocycles. The first-order valence-corrected chi connectivity index (χ1v) is 4.96. The minimum absolute atomic E-state index is 0.0601. The third-order valence-electron chi connectivity index (χ3n) is 2.17. The van der Waals surface area contributed by atoms with E-state index in [4.69, 9.17) is 5.11 Å². The van der Waals surface area contributed by atoms with Crippen LogP contribution in [-0.2, 0) is 9.59 Å². The van der Waals surface area contributed by atoms with Gasteiger partial charge < -0.3 is 15.3 Å². The normalized spacial score (nSPS) is 11.2. The van der Waals surface area contributed by atoms with Crippen LogP contribution >= 0.6 is 0 Å². The summed E-state index contributed by atoms with van der Waals surface area (Å²) in [5, 5.41) is 11.7. The van der Waals surface area contributed by atoms with E-state index in [1.54, 1.807) is 27.9 Å². The molecule has 15 heavy (non-hydrogen) atoms. The lowest BCUT2D eigenvalue weighted by Crippen LogP contribution is -2.47. The van der Waals surface area contributed by atoms with Gasteiger partial charge in [0.1, 0.15) is 5.54 Å². The Morgan fingerprint density at radius 3 is 2.27 bits per heavy atom. The maximum Gasteiger partial charge on any atom is 0.323 e. The molecule has 2 N–H and O–H groups in total. The first kappa shape index (κ1) is 13.9. The molecule has 0 aliphatic carbocycles. The molecule has 0 aliphatic rings. The molecule has 88 valence electrons. The van der Waals surface area contributed by atoms with E-state index in [1.165, 1.54) is 4.90 Å². The number of hydrogen-bond acceptors (Lipinski definition) is 3. The third kappa shape index (κ3) is 5.37. The summed E-state index contributed by atoms with van der Waals surface area (Å²) in [7, 11) is 3.41. The predicted octanol–water partition coefficient (Wildman–Crippen LogP) is 0.308. The summed E-state index contributed by atoms with van der Waals surface area (Å²) in [6.07, 6.45) is 1.09. The van der Waals surface area contributed by atoms with Crippen LogP contribution < -0.4 is 5.32 Å². The summed E-state index contributed by atoms with van der Waals surface area (Å²) in [6, 6.07) is 0. The highest BCUT2D eigenvalue weighted by atomic mass is 16.4. The summed E-state index contributed by atoms with van der Waals surface area (Å²) in [5.41, 5.74) is -0.929. The number of carboxylic acids is 1. The van der Waals surface area contributed by atoms with E-state index in [2.05, 4.69) is 5.32 Å². The fourth-order valence-electron chi connectivity index (χ4n) is 0.940. The molecule has 1 amide bonds. The van der Waals surface area contributed by atoms with Gasteiger partial charge in [-0.1, -0.05) is 0 Å². The molecule has 0 radical (unpaired) electrons. The summed E-state index contributed by atoms with van der Waals surface area (Å²) in [6.45, 7) is 3.73. The van der Waals surface area contributed by atoms with E-state index < -0.39 is 11.5 Å². The Kier molecular flexibility index (Phi) is 5.28. The first-order valence-electron chi connectivity index (χ1n) is 4.96. The summed E-state index contributed by atoms with van der Waals surface area (Å²) in [4.78, 5) is 23.4. The Morgan fingerprint density at radius 2 is 1.87 bits per heavy atom. The maximum absolute atomic E-state index is 11.2. The number of carbonyl (C=O) groups is 2. The second-order valence-corrected chi connectivity index (χ2v) is 4.25. The molecule has 0 fully saturated rings. The number of carbonyl (C=O) groups excluding carboxylic acids is 1. The van der Waals surface area contributed by atoms with Crippen LogP contribution in [0.4, 0.5) is 0 Å². The topological polar surface area (TPSA) is 69.6 Å². The van der Waals surface area contributed by atoms with Crippen LogP contribution in [0.15, 0.2) is 0 Å². The second-order valence-electron chi connectivity index (χ2n) is 4.25.